The molecule has 8 nitrogen and oxygen atoms in total. The molecule has 144 valence electrons. The van der Waals surface area contributed by atoms with E-state index in [4.69, 9.17) is 4.74 Å². The zero-order chi connectivity index (χ0) is 20.1. The molecule has 2 aliphatic rings. The van der Waals surface area contributed by atoms with Crippen LogP contribution in [-0.4, -0.2) is 21.2 Å². The average molecular weight is 382 g/mol. The fraction of sp³-hybridized carbons (Fsp3) is 0.350. The van der Waals surface area contributed by atoms with Crippen LogP contribution in [0.15, 0.2) is 48.5 Å². The summed E-state index contributed by atoms with van der Waals surface area (Å²) in [5.74, 6) is -0.394. The molecular formula is C20H18N2O6. The first kappa shape index (κ1) is 18.2. The summed E-state index contributed by atoms with van der Waals surface area (Å²) < 4.78 is 6.36. The van der Waals surface area contributed by atoms with Crippen molar-refractivity contribution in [2.45, 2.75) is 43.3 Å². The van der Waals surface area contributed by atoms with Crippen LogP contribution in [0.4, 0.5) is 11.4 Å². The maximum absolute atomic E-state index is 13.1. The number of fused-ring (bicyclic) bond motifs is 2. The van der Waals surface area contributed by atoms with Crippen LogP contribution < -0.4 is 0 Å². The fourth-order valence-electron chi connectivity index (χ4n) is 4.48. The number of nitro groups is 2. The predicted octanol–water partition coefficient (Wildman–Crippen LogP) is 4.02. The standard InChI is InChI=1S/C20H18N2O6/c1-19-11-10-18(23)20(28-19,14-4-8-16(9-5-14)22(26)27)17(12-19)13-2-6-15(7-3-13)21(24)25/h2-9,17H,10-12H2,1H3. The monoisotopic (exact) mass is 382 g/mol. The quantitative estimate of drug-likeness (QED) is 0.583. The SMILES string of the molecule is CC12CCC(=O)C(c3ccc([N+](=O)[O-])cc3)(O1)C(c1ccc([N+](=O)[O-])cc1)C2. The van der Waals surface area contributed by atoms with E-state index < -0.39 is 21.0 Å². The second-order valence-electron chi connectivity index (χ2n) is 7.62. The topological polar surface area (TPSA) is 113 Å². The molecule has 3 unspecified atom stereocenters. The number of ether oxygens (including phenoxy) is 1. The molecule has 2 fully saturated rings. The Labute approximate surface area is 160 Å². The van der Waals surface area contributed by atoms with E-state index in [1.54, 1.807) is 24.3 Å². The zero-order valence-corrected chi connectivity index (χ0v) is 15.2. The minimum atomic E-state index is -1.24. The Morgan fingerprint density at radius 2 is 1.50 bits per heavy atom. The number of ketones is 1. The molecule has 2 heterocycles. The summed E-state index contributed by atoms with van der Waals surface area (Å²) in [5.41, 5.74) is -0.457. The lowest BCUT2D eigenvalue weighted by Crippen LogP contribution is -2.45. The van der Waals surface area contributed by atoms with Crippen molar-refractivity contribution in [2.75, 3.05) is 0 Å². The van der Waals surface area contributed by atoms with E-state index in [1.807, 2.05) is 6.92 Å². The summed E-state index contributed by atoms with van der Waals surface area (Å²) in [5, 5.41) is 21.9. The van der Waals surface area contributed by atoms with Crippen LogP contribution in [0.5, 0.6) is 0 Å². The van der Waals surface area contributed by atoms with Gasteiger partial charge in [-0.2, -0.15) is 0 Å². The number of rotatable bonds is 4. The van der Waals surface area contributed by atoms with Gasteiger partial charge >= 0.3 is 0 Å². The van der Waals surface area contributed by atoms with Crippen LogP contribution in [0.25, 0.3) is 0 Å². The summed E-state index contributed by atoms with van der Waals surface area (Å²) in [6.45, 7) is 1.96. The summed E-state index contributed by atoms with van der Waals surface area (Å²) in [7, 11) is 0. The number of Topliss-reactive ketones (excluding diaryl/α,β-unsaturated/α-hetero) is 1. The van der Waals surface area contributed by atoms with E-state index in [0.717, 1.165) is 5.56 Å². The Morgan fingerprint density at radius 1 is 0.964 bits per heavy atom. The second kappa shape index (κ2) is 6.20. The number of nitro benzene ring substituents is 2. The Bertz CT molecular complexity index is 971. The molecule has 0 amide bonds. The van der Waals surface area contributed by atoms with Gasteiger partial charge < -0.3 is 4.74 Å². The van der Waals surface area contributed by atoms with Crippen molar-refractivity contribution in [1.29, 1.82) is 0 Å². The Balaban J connectivity index is 1.83. The van der Waals surface area contributed by atoms with E-state index in [2.05, 4.69) is 0 Å². The average Bonchev–Trinajstić information content (AvgIpc) is 2.96. The molecule has 0 saturated carbocycles. The third kappa shape index (κ3) is 2.68. The van der Waals surface area contributed by atoms with Crippen LogP contribution >= 0.6 is 0 Å². The van der Waals surface area contributed by atoms with E-state index in [1.165, 1.54) is 24.3 Å². The maximum Gasteiger partial charge on any atom is 0.269 e. The largest absolute Gasteiger partial charge is 0.356 e. The van der Waals surface area contributed by atoms with Gasteiger partial charge in [-0.05, 0) is 43.0 Å². The second-order valence-corrected chi connectivity index (χ2v) is 7.62. The molecule has 8 heteroatoms. The Morgan fingerprint density at radius 3 is 2.04 bits per heavy atom. The molecule has 0 radical (unpaired) electrons. The van der Waals surface area contributed by atoms with Gasteiger partial charge in [0, 0.05) is 36.6 Å². The van der Waals surface area contributed by atoms with E-state index in [9.17, 15) is 25.0 Å². The predicted molar refractivity (Wildman–Crippen MR) is 99.0 cm³/mol. The number of carbonyl (C=O) groups is 1. The third-order valence-electron chi connectivity index (χ3n) is 5.84. The summed E-state index contributed by atoms with van der Waals surface area (Å²) in [6, 6.07) is 12.1. The molecule has 0 spiro atoms. The fourth-order valence-corrected chi connectivity index (χ4v) is 4.48. The van der Waals surface area contributed by atoms with Crippen LogP contribution in [0.1, 0.15) is 43.2 Å². The first-order valence-corrected chi connectivity index (χ1v) is 8.98. The first-order valence-electron chi connectivity index (χ1n) is 8.98. The molecule has 0 N–H and O–H groups in total. The van der Waals surface area contributed by atoms with Crippen LogP contribution in [-0.2, 0) is 15.1 Å². The van der Waals surface area contributed by atoms with Crippen molar-refractivity contribution in [1.82, 2.24) is 0 Å². The maximum atomic E-state index is 13.1. The number of non-ortho nitro benzene ring substituents is 2. The third-order valence-corrected chi connectivity index (χ3v) is 5.84. The molecule has 4 rings (SSSR count). The highest BCUT2D eigenvalue weighted by atomic mass is 16.6. The zero-order valence-electron chi connectivity index (χ0n) is 15.2. The normalized spacial score (nSPS) is 28.9. The van der Waals surface area contributed by atoms with Gasteiger partial charge in [0.25, 0.3) is 11.4 Å². The molecule has 0 aromatic heterocycles. The first-order chi connectivity index (χ1) is 13.2. The molecule has 2 bridgehead atoms. The van der Waals surface area contributed by atoms with Gasteiger partial charge in [-0.25, -0.2) is 0 Å². The highest BCUT2D eigenvalue weighted by Crippen LogP contribution is 2.59. The van der Waals surface area contributed by atoms with Gasteiger partial charge in [-0.3, -0.25) is 25.0 Å². The minimum Gasteiger partial charge on any atom is -0.356 e. The van der Waals surface area contributed by atoms with Crippen molar-refractivity contribution in [3.8, 4) is 0 Å². The van der Waals surface area contributed by atoms with Gasteiger partial charge in [0.1, 0.15) is 0 Å². The molecular weight excluding hydrogens is 364 g/mol. The summed E-state index contributed by atoms with van der Waals surface area (Å²) >= 11 is 0. The molecule has 2 aromatic rings. The lowest BCUT2D eigenvalue weighted by Gasteiger charge is -2.39. The molecule has 2 aliphatic heterocycles. The van der Waals surface area contributed by atoms with Gasteiger partial charge in [0.15, 0.2) is 11.4 Å². The van der Waals surface area contributed by atoms with E-state index in [-0.39, 0.29) is 23.1 Å². The molecule has 28 heavy (non-hydrogen) atoms. The smallest absolute Gasteiger partial charge is 0.269 e. The van der Waals surface area contributed by atoms with Gasteiger partial charge in [0.05, 0.1) is 15.4 Å². The Kier molecular flexibility index (Phi) is 4.04. The lowest BCUT2D eigenvalue weighted by molar-refractivity contribution is -0.385. The highest BCUT2D eigenvalue weighted by molar-refractivity contribution is 5.91. The number of nitrogens with zero attached hydrogens (tertiary/aromatic N) is 2. The van der Waals surface area contributed by atoms with Crippen molar-refractivity contribution >= 4 is 17.2 Å². The number of carbonyl (C=O) groups excluding carboxylic acids is 1. The van der Waals surface area contributed by atoms with Gasteiger partial charge in [-0.15, -0.1) is 0 Å². The molecule has 3 atom stereocenters. The molecule has 2 saturated heterocycles. The van der Waals surface area contributed by atoms with Crippen molar-refractivity contribution in [3.05, 3.63) is 79.9 Å². The van der Waals surface area contributed by atoms with Gasteiger partial charge in [-0.1, -0.05) is 12.1 Å². The van der Waals surface area contributed by atoms with Crippen LogP contribution in [0.3, 0.4) is 0 Å². The Hall–Kier alpha value is -3.13. The molecule has 0 aliphatic carbocycles. The molecule has 2 aromatic carbocycles. The highest BCUT2D eigenvalue weighted by Gasteiger charge is 2.62. The number of hydrogen-bond acceptors (Lipinski definition) is 6. The summed E-state index contributed by atoms with van der Waals surface area (Å²) in [4.78, 5) is 34.1. The minimum absolute atomic E-state index is 0.0208. The van der Waals surface area contributed by atoms with Crippen LogP contribution in [0.2, 0.25) is 0 Å². The van der Waals surface area contributed by atoms with Crippen LogP contribution in [0, 0.1) is 20.2 Å². The van der Waals surface area contributed by atoms with Crippen molar-refractivity contribution < 1.29 is 19.4 Å². The van der Waals surface area contributed by atoms with Crippen molar-refractivity contribution in [3.63, 3.8) is 0 Å². The van der Waals surface area contributed by atoms with Crippen molar-refractivity contribution in [2.24, 2.45) is 0 Å². The summed E-state index contributed by atoms with van der Waals surface area (Å²) in [6.07, 6.45) is 1.55. The van der Waals surface area contributed by atoms with E-state index >= 15 is 0 Å². The number of hydrogen-bond donors (Lipinski definition) is 0. The van der Waals surface area contributed by atoms with Gasteiger partial charge in [0.2, 0.25) is 0 Å². The lowest BCUT2D eigenvalue weighted by atomic mass is 9.74. The number of benzene rings is 2. The van der Waals surface area contributed by atoms with E-state index in [0.29, 0.717) is 24.8 Å².